The van der Waals surface area contributed by atoms with Crippen molar-refractivity contribution in [1.82, 2.24) is 0 Å². The minimum atomic E-state index is -4.76. The molecule has 0 bridgehead atoms. The summed E-state index contributed by atoms with van der Waals surface area (Å²) in [6, 6.07) is 23.4. The zero-order valence-corrected chi connectivity index (χ0v) is 13.7. The smallest absolute Gasteiger partial charge is 0.344 e. The molecule has 3 N–H and O–H groups in total. The zero-order valence-electron chi connectivity index (χ0n) is 12.8. The van der Waals surface area contributed by atoms with E-state index in [0.29, 0.717) is 11.1 Å². The number of phenols is 1. The number of benzene rings is 3. The van der Waals surface area contributed by atoms with E-state index in [-0.39, 0.29) is 11.3 Å². The molecule has 3 aromatic rings. The molecule has 0 amide bonds. The lowest BCUT2D eigenvalue weighted by Crippen LogP contribution is -2.29. The summed E-state index contributed by atoms with van der Waals surface area (Å²) in [6.07, 6.45) is 0. The van der Waals surface area contributed by atoms with E-state index in [4.69, 9.17) is 0 Å². The topological polar surface area (TPSA) is 77.8 Å². The number of aromatic hydroxyl groups is 1. The van der Waals surface area contributed by atoms with Crippen LogP contribution < -0.4 is 0 Å². The molecule has 5 heteroatoms. The van der Waals surface area contributed by atoms with Crippen molar-refractivity contribution < 1.29 is 19.5 Å². The van der Waals surface area contributed by atoms with Gasteiger partial charge in [-0.15, -0.1) is 0 Å². The molecule has 0 spiro atoms. The first-order chi connectivity index (χ1) is 11.5. The second-order valence-electron chi connectivity index (χ2n) is 5.50. The van der Waals surface area contributed by atoms with Crippen LogP contribution in [-0.2, 0) is 9.72 Å². The fourth-order valence-corrected chi connectivity index (χ4v) is 4.58. The lowest BCUT2D eigenvalue weighted by atomic mass is 9.83. The quantitative estimate of drug-likeness (QED) is 0.498. The van der Waals surface area contributed by atoms with Crippen molar-refractivity contribution in [3.05, 3.63) is 102 Å². The highest BCUT2D eigenvalue weighted by atomic mass is 31.2. The molecule has 0 saturated heterocycles. The Morgan fingerprint density at radius 1 is 0.667 bits per heavy atom. The van der Waals surface area contributed by atoms with Gasteiger partial charge in [-0.1, -0.05) is 78.9 Å². The number of rotatable bonds is 4. The maximum atomic E-state index is 12.8. The van der Waals surface area contributed by atoms with Gasteiger partial charge in [-0.05, 0) is 17.2 Å². The van der Waals surface area contributed by atoms with Crippen LogP contribution in [0.2, 0.25) is 0 Å². The van der Waals surface area contributed by atoms with Gasteiger partial charge in [0.2, 0.25) is 0 Å². The molecule has 122 valence electrons. The van der Waals surface area contributed by atoms with E-state index in [0.717, 1.165) is 0 Å². The van der Waals surface area contributed by atoms with Crippen molar-refractivity contribution in [3.63, 3.8) is 0 Å². The van der Waals surface area contributed by atoms with E-state index in [2.05, 4.69) is 0 Å². The van der Waals surface area contributed by atoms with E-state index in [1.807, 2.05) is 0 Å². The van der Waals surface area contributed by atoms with Crippen LogP contribution in [0, 0.1) is 0 Å². The van der Waals surface area contributed by atoms with Crippen molar-refractivity contribution in [2.75, 3.05) is 0 Å². The minimum Gasteiger partial charge on any atom is -0.508 e. The molecule has 4 nitrogen and oxygen atoms in total. The van der Waals surface area contributed by atoms with Crippen molar-refractivity contribution in [3.8, 4) is 5.75 Å². The van der Waals surface area contributed by atoms with Crippen LogP contribution in [0.3, 0.4) is 0 Å². The molecule has 3 rings (SSSR count). The molecule has 0 saturated carbocycles. The van der Waals surface area contributed by atoms with Gasteiger partial charge in [-0.25, -0.2) is 0 Å². The van der Waals surface area contributed by atoms with Crippen LogP contribution >= 0.6 is 7.60 Å². The largest absolute Gasteiger partial charge is 0.508 e. The second-order valence-corrected chi connectivity index (χ2v) is 7.26. The lowest BCUT2D eigenvalue weighted by Gasteiger charge is -2.36. The molecular formula is C19H17O4P. The Balaban J connectivity index is 2.48. The van der Waals surface area contributed by atoms with Crippen molar-refractivity contribution in [2.45, 2.75) is 5.16 Å². The molecule has 0 radical (unpaired) electrons. The molecule has 0 heterocycles. The van der Waals surface area contributed by atoms with Crippen LogP contribution in [-0.4, -0.2) is 14.9 Å². The van der Waals surface area contributed by atoms with Gasteiger partial charge in [0.1, 0.15) is 5.75 Å². The van der Waals surface area contributed by atoms with Gasteiger partial charge in [-0.2, -0.15) is 0 Å². The summed E-state index contributed by atoms with van der Waals surface area (Å²) < 4.78 is 12.8. The first-order valence-electron chi connectivity index (χ1n) is 7.43. The van der Waals surface area contributed by atoms with Crippen LogP contribution in [0.4, 0.5) is 0 Å². The van der Waals surface area contributed by atoms with Crippen LogP contribution in [0.1, 0.15) is 16.7 Å². The lowest BCUT2D eigenvalue weighted by molar-refractivity contribution is 0.346. The fraction of sp³-hybridized carbons (Fsp3) is 0.0526. The highest BCUT2D eigenvalue weighted by molar-refractivity contribution is 7.53. The average molecular weight is 340 g/mol. The Hall–Kier alpha value is -2.39. The Bertz CT molecular complexity index is 833. The highest BCUT2D eigenvalue weighted by Gasteiger charge is 2.52. The summed E-state index contributed by atoms with van der Waals surface area (Å²) in [4.78, 5) is 20.8. The van der Waals surface area contributed by atoms with Crippen LogP contribution in [0.15, 0.2) is 84.9 Å². The first kappa shape index (κ1) is 16.5. The third kappa shape index (κ3) is 2.55. The molecule has 3 aromatic carbocycles. The third-order valence-electron chi connectivity index (χ3n) is 4.11. The minimum absolute atomic E-state index is 0.159. The number of para-hydroxylation sites is 1. The standard InChI is InChI=1S/C19H17O4P/c20-18-14-8-7-13-17(18)19(24(21,22)23,15-9-3-1-4-10-15)16-11-5-2-6-12-16/h1-14,20H,(H2,21,22,23). The molecule has 0 unspecified atom stereocenters. The molecule has 0 aliphatic heterocycles. The molecule has 0 fully saturated rings. The highest BCUT2D eigenvalue weighted by Crippen LogP contribution is 2.65. The molecule has 0 atom stereocenters. The van der Waals surface area contributed by atoms with E-state index in [1.54, 1.807) is 78.9 Å². The van der Waals surface area contributed by atoms with Gasteiger partial charge in [0.15, 0.2) is 5.16 Å². The first-order valence-corrected chi connectivity index (χ1v) is 9.04. The Morgan fingerprint density at radius 3 is 1.50 bits per heavy atom. The van der Waals surface area contributed by atoms with Gasteiger partial charge in [-0.3, -0.25) is 4.57 Å². The molecule has 0 aliphatic carbocycles. The SMILES string of the molecule is O=P(O)(O)C(c1ccccc1)(c1ccccc1)c1ccccc1O. The Labute approximate surface area is 140 Å². The predicted octanol–water partition coefficient (Wildman–Crippen LogP) is 3.86. The molecule has 0 aromatic heterocycles. The van der Waals surface area contributed by atoms with E-state index in [9.17, 15) is 19.5 Å². The van der Waals surface area contributed by atoms with Gasteiger partial charge in [0, 0.05) is 5.56 Å². The maximum Gasteiger partial charge on any atom is 0.344 e. The monoisotopic (exact) mass is 340 g/mol. The summed E-state index contributed by atoms with van der Waals surface area (Å²) in [5, 5.41) is 8.61. The number of hydrogen-bond acceptors (Lipinski definition) is 2. The van der Waals surface area contributed by atoms with E-state index < -0.39 is 12.8 Å². The number of phenolic OH excluding ortho intramolecular Hbond substituents is 1. The summed E-state index contributed by atoms with van der Waals surface area (Å²) >= 11 is 0. The summed E-state index contributed by atoms with van der Waals surface area (Å²) in [6.45, 7) is 0. The number of hydrogen-bond donors (Lipinski definition) is 3. The summed E-state index contributed by atoms with van der Waals surface area (Å²) in [5.41, 5.74) is 1.02. The van der Waals surface area contributed by atoms with Gasteiger partial charge < -0.3 is 14.9 Å². The van der Waals surface area contributed by atoms with E-state index in [1.165, 1.54) is 6.07 Å². The predicted molar refractivity (Wildman–Crippen MR) is 92.9 cm³/mol. The van der Waals surface area contributed by atoms with Crippen molar-refractivity contribution in [1.29, 1.82) is 0 Å². The second kappa shape index (κ2) is 6.25. The molecular weight excluding hydrogens is 323 g/mol. The zero-order chi connectivity index (χ0) is 17.2. The van der Waals surface area contributed by atoms with Crippen LogP contribution in [0.25, 0.3) is 0 Å². The molecule has 24 heavy (non-hydrogen) atoms. The van der Waals surface area contributed by atoms with Crippen molar-refractivity contribution in [2.24, 2.45) is 0 Å². The normalized spacial score (nSPS) is 12.1. The average Bonchev–Trinajstić information content (AvgIpc) is 2.58. The fourth-order valence-electron chi connectivity index (χ4n) is 3.11. The maximum absolute atomic E-state index is 12.8. The Morgan fingerprint density at radius 2 is 1.08 bits per heavy atom. The Kier molecular flexibility index (Phi) is 4.29. The van der Waals surface area contributed by atoms with Gasteiger partial charge in [0.25, 0.3) is 0 Å². The summed E-state index contributed by atoms with van der Waals surface area (Å²) in [7, 11) is -4.76. The van der Waals surface area contributed by atoms with Crippen LogP contribution in [0.5, 0.6) is 5.75 Å². The molecule has 0 aliphatic rings. The third-order valence-corrected chi connectivity index (χ3v) is 5.75. The van der Waals surface area contributed by atoms with E-state index >= 15 is 0 Å². The van der Waals surface area contributed by atoms with Gasteiger partial charge in [0.05, 0.1) is 0 Å². The van der Waals surface area contributed by atoms with Gasteiger partial charge >= 0.3 is 7.60 Å². The van der Waals surface area contributed by atoms with Crippen molar-refractivity contribution >= 4 is 7.60 Å². The summed E-state index contributed by atoms with van der Waals surface area (Å²) in [5.74, 6) is -0.159.